The summed E-state index contributed by atoms with van der Waals surface area (Å²) in [6.45, 7) is 0.445. The molecule has 1 aromatic carbocycles. The first-order chi connectivity index (χ1) is 11.0. The van der Waals surface area contributed by atoms with Crippen LogP contribution in [0, 0.1) is 11.6 Å². The average molecular weight is 320 g/mol. The van der Waals surface area contributed by atoms with E-state index in [2.05, 4.69) is 10.4 Å². The van der Waals surface area contributed by atoms with Crippen molar-refractivity contribution in [3.8, 4) is 0 Å². The van der Waals surface area contributed by atoms with Gasteiger partial charge in [0, 0.05) is 37.5 Å². The number of carbonyl (C=O) groups is 1. The molecule has 0 radical (unpaired) electrons. The number of nitrogens with one attached hydrogen (secondary N) is 1. The predicted octanol–water partition coefficient (Wildman–Crippen LogP) is 1.54. The Bertz CT molecular complexity index is 744. The molecule has 0 fully saturated rings. The lowest BCUT2D eigenvalue weighted by Crippen LogP contribution is -2.43. The third kappa shape index (κ3) is 2.84. The molecule has 7 heteroatoms. The molecular weight excluding hydrogens is 302 g/mol. The van der Waals surface area contributed by atoms with E-state index >= 15 is 0 Å². The van der Waals surface area contributed by atoms with Crippen molar-refractivity contribution >= 4 is 5.91 Å². The Balaban J connectivity index is 1.85. The summed E-state index contributed by atoms with van der Waals surface area (Å²) in [6, 6.07) is 1.69. The molecule has 2 aromatic rings. The number of benzene rings is 1. The van der Waals surface area contributed by atoms with Crippen LogP contribution in [-0.2, 0) is 24.8 Å². The largest absolute Gasteiger partial charge is 0.336 e. The predicted molar refractivity (Wildman–Crippen MR) is 80.5 cm³/mol. The van der Waals surface area contributed by atoms with E-state index in [0.717, 1.165) is 17.7 Å². The number of hydrogen-bond donors (Lipinski definition) is 1. The first kappa shape index (κ1) is 15.6. The number of halogens is 2. The molecule has 1 aliphatic heterocycles. The second kappa shape index (κ2) is 6.08. The maximum Gasteiger partial charge on any atom is 0.244 e. The summed E-state index contributed by atoms with van der Waals surface area (Å²) < 4.78 is 29.4. The highest BCUT2D eigenvalue weighted by molar-refractivity contribution is 5.83. The van der Waals surface area contributed by atoms with Gasteiger partial charge in [-0.2, -0.15) is 5.10 Å². The van der Waals surface area contributed by atoms with Gasteiger partial charge in [0.2, 0.25) is 5.91 Å². The van der Waals surface area contributed by atoms with Gasteiger partial charge >= 0.3 is 0 Å². The van der Waals surface area contributed by atoms with E-state index in [1.807, 2.05) is 0 Å². The van der Waals surface area contributed by atoms with Gasteiger partial charge in [-0.05, 0) is 31.2 Å². The maximum atomic E-state index is 14.0. The molecule has 0 aliphatic carbocycles. The fourth-order valence-electron chi connectivity index (χ4n) is 2.99. The summed E-state index contributed by atoms with van der Waals surface area (Å²) in [5, 5.41) is 7.04. The molecule has 1 N–H and O–H groups in total. The second-order valence-corrected chi connectivity index (χ2v) is 5.67. The third-order valence-corrected chi connectivity index (χ3v) is 4.20. The Morgan fingerprint density at radius 2 is 2.00 bits per heavy atom. The van der Waals surface area contributed by atoms with Crippen molar-refractivity contribution in [1.29, 1.82) is 0 Å². The number of amides is 1. The summed E-state index contributed by atoms with van der Waals surface area (Å²) in [5.41, 5.74) is 1.38. The van der Waals surface area contributed by atoms with Crippen LogP contribution in [0.2, 0.25) is 0 Å². The van der Waals surface area contributed by atoms with Crippen molar-refractivity contribution in [3.63, 3.8) is 0 Å². The monoisotopic (exact) mass is 320 g/mol. The highest BCUT2D eigenvalue weighted by Crippen LogP contribution is 2.26. The Kier molecular flexibility index (Phi) is 4.12. The quantitative estimate of drug-likeness (QED) is 0.933. The van der Waals surface area contributed by atoms with Crippen LogP contribution in [-0.4, -0.2) is 34.2 Å². The summed E-state index contributed by atoms with van der Waals surface area (Å²) >= 11 is 0. The molecule has 1 unspecified atom stereocenters. The molecule has 2 heterocycles. The molecule has 0 saturated heterocycles. The minimum absolute atomic E-state index is 0.0796. The number of hydrogen-bond acceptors (Lipinski definition) is 3. The van der Waals surface area contributed by atoms with Crippen LogP contribution in [0.1, 0.15) is 22.7 Å². The zero-order valence-corrected chi connectivity index (χ0v) is 13.0. The molecule has 1 aromatic heterocycles. The number of rotatable bonds is 3. The molecule has 1 amide bonds. The van der Waals surface area contributed by atoms with Crippen LogP contribution >= 0.6 is 0 Å². The normalized spacial score (nSPS) is 15.4. The highest BCUT2D eigenvalue weighted by atomic mass is 19.1. The molecule has 23 heavy (non-hydrogen) atoms. The highest BCUT2D eigenvalue weighted by Gasteiger charge is 2.30. The Labute approximate surface area is 132 Å². The number of carbonyl (C=O) groups excluding carboxylic acids is 1. The van der Waals surface area contributed by atoms with Crippen molar-refractivity contribution in [2.75, 3.05) is 13.6 Å². The lowest BCUT2D eigenvalue weighted by atomic mass is 9.97. The zero-order chi connectivity index (χ0) is 16.6. The van der Waals surface area contributed by atoms with Gasteiger partial charge in [-0.15, -0.1) is 0 Å². The van der Waals surface area contributed by atoms with Crippen LogP contribution in [0.4, 0.5) is 8.78 Å². The lowest BCUT2D eigenvalue weighted by Gasteiger charge is -2.32. The number of aromatic nitrogens is 2. The van der Waals surface area contributed by atoms with E-state index in [4.69, 9.17) is 0 Å². The number of nitrogens with zero attached hydrogens (tertiary/aromatic N) is 3. The fourth-order valence-corrected chi connectivity index (χ4v) is 2.99. The topological polar surface area (TPSA) is 50.2 Å². The van der Waals surface area contributed by atoms with Crippen molar-refractivity contribution in [2.45, 2.75) is 19.0 Å². The number of fused-ring (bicyclic) bond motifs is 1. The Morgan fingerprint density at radius 1 is 1.30 bits per heavy atom. The Hall–Kier alpha value is -2.28. The Morgan fingerprint density at radius 3 is 2.61 bits per heavy atom. The lowest BCUT2D eigenvalue weighted by molar-refractivity contribution is -0.134. The molecule has 1 atom stereocenters. The van der Waals surface area contributed by atoms with Gasteiger partial charge in [0.05, 0.1) is 6.20 Å². The summed E-state index contributed by atoms with van der Waals surface area (Å²) in [4.78, 5) is 14.3. The van der Waals surface area contributed by atoms with E-state index in [1.54, 1.807) is 36.1 Å². The van der Waals surface area contributed by atoms with E-state index in [9.17, 15) is 13.6 Å². The first-order valence-corrected chi connectivity index (χ1v) is 7.41. The van der Waals surface area contributed by atoms with Crippen LogP contribution in [0.25, 0.3) is 0 Å². The van der Waals surface area contributed by atoms with Crippen molar-refractivity contribution < 1.29 is 13.6 Å². The van der Waals surface area contributed by atoms with Gasteiger partial charge in [0.1, 0.15) is 17.7 Å². The summed E-state index contributed by atoms with van der Waals surface area (Å²) in [6.07, 6.45) is 3.70. The summed E-state index contributed by atoms with van der Waals surface area (Å²) in [7, 11) is 3.46. The number of likely N-dealkylation sites (N-methyl/N-ethyl adjacent to an activating group) is 1. The van der Waals surface area contributed by atoms with E-state index in [1.165, 1.54) is 0 Å². The fraction of sp³-hybridized carbons (Fsp3) is 0.375. The van der Waals surface area contributed by atoms with Crippen molar-refractivity contribution in [1.82, 2.24) is 20.0 Å². The first-order valence-electron chi connectivity index (χ1n) is 7.41. The minimum Gasteiger partial charge on any atom is -0.336 e. The molecule has 3 rings (SSSR count). The smallest absolute Gasteiger partial charge is 0.244 e. The molecule has 0 spiro atoms. The van der Waals surface area contributed by atoms with Gasteiger partial charge in [-0.1, -0.05) is 0 Å². The van der Waals surface area contributed by atoms with Crippen LogP contribution in [0.3, 0.4) is 0 Å². The maximum absolute atomic E-state index is 14.0. The zero-order valence-electron chi connectivity index (χ0n) is 13.0. The van der Waals surface area contributed by atoms with Crippen molar-refractivity contribution in [3.05, 3.63) is 52.9 Å². The van der Waals surface area contributed by atoms with Crippen molar-refractivity contribution in [2.24, 2.45) is 7.05 Å². The van der Waals surface area contributed by atoms with Gasteiger partial charge in [0.25, 0.3) is 0 Å². The molecule has 122 valence electrons. The minimum atomic E-state index is -0.554. The van der Waals surface area contributed by atoms with Gasteiger partial charge < -0.3 is 10.2 Å². The third-order valence-electron chi connectivity index (χ3n) is 4.20. The van der Waals surface area contributed by atoms with E-state index < -0.39 is 17.7 Å². The molecule has 0 saturated carbocycles. The van der Waals surface area contributed by atoms with Gasteiger partial charge in [-0.25, -0.2) is 8.78 Å². The SMILES string of the molecule is CNC(C(=O)N1CCc2c(F)ccc(F)c2C1)c1cnn(C)c1. The van der Waals surface area contributed by atoms with Gasteiger partial charge in [0.15, 0.2) is 0 Å². The van der Waals surface area contributed by atoms with Crippen LogP contribution in [0.15, 0.2) is 24.5 Å². The molecular formula is C16H18F2N4O. The van der Waals surface area contributed by atoms with Gasteiger partial charge in [-0.3, -0.25) is 9.48 Å². The molecule has 5 nitrogen and oxygen atoms in total. The molecule has 0 bridgehead atoms. The van der Waals surface area contributed by atoms with Crippen LogP contribution in [0.5, 0.6) is 0 Å². The van der Waals surface area contributed by atoms with E-state index in [0.29, 0.717) is 18.5 Å². The summed E-state index contributed by atoms with van der Waals surface area (Å²) in [5.74, 6) is -1.05. The average Bonchev–Trinajstić information content (AvgIpc) is 2.97. The standard InChI is InChI=1S/C16H18F2N4O/c1-19-15(10-7-20-21(2)8-10)16(23)22-6-5-11-12(9-22)14(18)4-3-13(11)17/h3-4,7-8,15,19H,5-6,9H2,1-2H3. The number of aryl methyl sites for hydroxylation is 1. The van der Waals surface area contributed by atoms with Crippen LogP contribution < -0.4 is 5.32 Å². The molecule has 1 aliphatic rings. The second-order valence-electron chi connectivity index (χ2n) is 5.67. The van der Waals surface area contributed by atoms with E-state index in [-0.39, 0.29) is 18.0 Å².